The van der Waals surface area contributed by atoms with Crippen LogP contribution < -0.4 is 0 Å². The average Bonchev–Trinajstić information content (AvgIpc) is 2.50. The fourth-order valence-corrected chi connectivity index (χ4v) is 3.08. The van der Waals surface area contributed by atoms with Gasteiger partial charge in [-0.3, -0.25) is 4.79 Å². The highest BCUT2D eigenvalue weighted by Crippen LogP contribution is 2.31. The van der Waals surface area contributed by atoms with Gasteiger partial charge in [-0.05, 0) is 86.1 Å². The number of phenols is 1. The van der Waals surface area contributed by atoms with E-state index in [1.807, 2.05) is 19.9 Å². The van der Waals surface area contributed by atoms with Crippen molar-refractivity contribution in [1.82, 2.24) is 0 Å². The topological polar surface area (TPSA) is 37.3 Å². The first-order chi connectivity index (χ1) is 10.7. The number of carbonyl (C=O) groups excluding carboxylic acids is 1. The van der Waals surface area contributed by atoms with Gasteiger partial charge in [-0.1, -0.05) is 19.9 Å². The maximum absolute atomic E-state index is 13.0. The lowest BCUT2D eigenvalue weighted by Crippen LogP contribution is -2.11. The SMILES string of the molecule is Cc1c(C)c(C)c(C(=O)c2ccc(C(C)C)cc2O)c(C)c1C. The summed E-state index contributed by atoms with van der Waals surface area (Å²) in [5.41, 5.74) is 7.66. The second-order valence-corrected chi connectivity index (χ2v) is 6.76. The van der Waals surface area contributed by atoms with Crippen molar-refractivity contribution in [3.05, 3.63) is 62.7 Å². The minimum absolute atomic E-state index is 0.0656. The number of hydrogen-bond donors (Lipinski definition) is 1. The van der Waals surface area contributed by atoms with E-state index >= 15 is 0 Å². The van der Waals surface area contributed by atoms with E-state index in [4.69, 9.17) is 0 Å². The lowest BCUT2D eigenvalue weighted by molar-refractivity contribution is 0.103. The van der Waals surface area contributed by atoms with Crippen LogP contribution in [0.3, 0.4) is 0 Å². The van der Waals surface area contributed by atoms with Crippen LogP contribution in [0, 0.1) is 34.6 Å². The van der Waals surface area contributed by atoms with E-state index in [1.54, 1.807) is 12.1 Å². The van der Waals surface area contributed by atoms with E-state index in [9.17, 15) is 9.90 Å². The molecular formula is C21H26O2. The van der Waals surface area contributed by atoms with Crippen molar-refractivity contribution in [2.24, 2.45) is 0 Å². The van der Waals surface area contributed by atoms with Crippen LogP contribution in [0.15, 0.2) is 18.2 Å². The zero-order valence-corrected chi connectivity index (χ0v) is 15.2. The first-order valence-electron chi connectivity index (χ1n) is 8.11. The Bertz CT molecular complexity index is 754. The monoisotopic (exact) mass is 310 g/mol. The molecule has 122 valence electrons. The van der Waals surface area contributed by atoms with Crippen molar-refractivity contribution in [2.75, 3.05) is 0 Å². The summed E-state index contributed by atoms with van der Waals surface area (Å²) in [5.74, 6) is 0.285. The van der Waals surface area contributed by atoms with Gasteiger partial charge in [-0.25, -0.2) is 0 Å². The van der Waals surface area contributed by atoms with Gasteiger partial charge in [0.25, 0.3) is 0 Å². The van der Waals surface area contributed by atoms with Gasteiger partial charge in [0.2, 0.25) is 0 Å². The molecule has 2 nitrogen and oxygen atoms in total. The predicted molar refractivity (Wildman–Crippen MR) is 95.8 cm³/mol. The summed E-state index contributed by atoms with van der Waals surface area (Å²) in [6.45, 7) is 14.3. The summed E-state index contributed by atoms with van der Waals surface area (Å²) in [5, 5.41) is 10.3. The molecule has 0 saturated heterocycles. The van der Waals surface area contributed by atoms with Crippen molar-refractivity contribution in [3.63, 3.8) is 0 Å². The molecular weight excluding hydrogens is 284 g/mol. The van der Waals surface area contributed by atoms with Gasteiger partial charge in [0, 0.05) is 5.56 Å². The van der Waals surface area contributed by atoms with Crippen LogP contribution in [0.2, 0.25) is 0 Å². The number of aromatic hydroxyl groups is 1. The fourth-order valence-electron chi connectivity index (χ4n) is 3.08. The minimum Gasteiger partial charge on any atom is -0.507 e. The number of ketones is 1. The summed E-state index contributed by atoms with van der Waals surface area (Å²) >= 11 is 0. The van der Waals surface area contributed by atoms with E-state index in [-0.39, 0.29) is 11.5 Å². The molecule has 0 amide bonds. The van der Waals surface area contributed by atoms with Gasteiger partial charge in [0.15, 0.2) is 5.78 Å². The van der Waals surface area contributed by atoms with Crippen LogP contribution in [0.1, 0.15) is 69.1 Å². The van der Waals surface area contributed by atoms with Crippen LogP contribution in [0.5, 0.6) is 5.75 Å². The predicted octanol–water partition coefficient (Wildman–Crippen LogP) is 5.29. The molecule has 0 atom stereocenters. The standard InChI is InChI=1S/C21H26O2/c1-11(2)17-8-9-18(19(22)10-17)21(23)20-15(6)13(4)12(3)14(5)16(20)7/h8-11,22H,1-7H3. The summed E-state index contributed by atoms with van der Waals surface area (Å²) in [7, 11) is 0. The number of rotatable bonds is 3. The van der Waals surface area contributed by atoms with Crippen LogP contribution >= 0.6 is 0 Å². The summed E-state index contributed by atoms with van der Waals surface area (Å²) in [4.78, 5) is 13.0. The third kappa shape index (κ3) is 2.90. The molecule has 23 heavy (non-hydrogen) atoms. The molecule has 0 unspecified atom stereocenters. The van der Waals surface area contributed by atoms with E-state index in [1.165, 1.54) is 5.56 Å². The average molecular weight is 310 g/mol. The molecule has 2 aromatic carbocycles. The maximum Gasteiger partial charge on any atom is 0.197 e. The number of carbonyl (C=O) groups is 1. The number of benzene rings is 2. The summed E-state index contributed by atoms with van der Waals surface area (Å²) in [6.07, 6.45) is 0. The zero-order valence-electron chi connectivity index (χ0n) is 15.2. The number of hydrogen-bond acceptors (Lipinski definition) is 2. The molecule has 0 aromatic heterocycles. The molecule has 2 heteroatoms. The Balaban J connectivity index is 2.63. The van der Waals surface area contributed by atoms with E-state index < -0.39 is 0 Å². The van der Waals surface area contributed by atoms with Crippen LogP contribution in [0.25, 0.3) is 0 Å². The molecule has 0 saturated carbocycles. The van der Waals surface area contributed by atoms with Crippen LogP contribution in [-0.2, 0) is 0 Å². The van der Waals surface area contributed by atoms with Crippen molar-refractivity contribution < 1.29 is 9.90 Å². The molecule has 0 heterocycles. The normalized spacial score (nSPS) is 11.1. The second-order valence-electron chi connectivity index (χ2n) is 6.76. The van der Waals surface area contributed by atoms with Crippen molar-refractivity contribution in [1.29, 1.82) is 0 Å². The molecule has 2 rings (SSSR count). The van der Waals surface area contributed by atoms with E-state index in [0.717, 1.165) is 33.4 Å². The fraction of sp³-hybridized carbons (Fsp3) is 0.381. The molecule has 2 aromatic rings. The van der Waals surface area contributed by atoms with Crippen molar-refractivity contribution in [2.45, 2.75) is 54.4 Å². The second kappa shape index (κ2) is 6.19. The van der Waals surface area contributed by atoms with Crippen molar-refractivity contribution in [3.8, 4) is 5.75 Å². The highest BCUT2D eigenvalue weighted by Gasteiger charge is 2.21. The molecule has 0 aliphatic heterocycles. The molecule has 0 aliphatic carbocycles. The Morgan fingerprint density at radius 3 is 1.78 bits per heavy atom. The first-order valence-corrected chi connectivity index (χ1v) is 8.11. The van der Waals surface area contributed by atoms with Gasteiger partial charge >= 0.3 is 0 Å². The van der Waals surface area contributed by atoms with E-state index in [0.29, 0.717) is 11.5 Å². The molecule has 0 fully saturated rings. The van der Waals surface area contributed by atoms with Gasteiger partial charge in [0.05, 0.1) is 5.56 Å². The third-order valence-electron chi connectivity index (χ3n) is 5.16. The first kappa shape index (κ1) is 17.3. The summed E-state index contributed by atoms with van der Waals surface area (Å²) < 4.78 is 0. The van der Waals surface area contributed by atoms with E-state index in [2.05, 4.69) is 34.6 Å². The molecule has 0 radical (unpaired) electrons. The quantitative estimate of drug-likeness (QED) is 0.782. The smallest absolute Gasteiger partial charge is 0.197 e. The molecule has 0 bridgehead atoms. The Labute approximate surface area is 139 Å². The zero-order chi connectivity index (χ0) is 17.5. The van der Waals surface area contributed by atoms with Gasteiger partial charge in [-0.2, -0.15) is 0 Å². The molecule has 0 aliphatic rings. The lowest BCUT2D eigenvalue weighted by Gasteiger charge is -2.18. The molecule has 0 spiro atoms. The van der Waals surface area contributed by atoms with Gasteiger partial charge in [-0.15, -0.1) is 0 Å². The largest absolute Gasteiger partial charge is 0.507 e. The molecule has 1 N–H and O–H groups in total. The van der Waals surface area contributed by atoms with Gasteiger partial charge < -0.3 is 5.11 Å². The number of phenolic OH excluding ortho intramolecular Hbond substituents is 1. The summed E-state index contributed by atoms with van der Waals surface area (Å²) in [6, 6.07) is 5.38. The maximum atomic E-state index is 13.0. The Kier molecular flexibility index (Phi) is 4.65. The Morgan fingerprint density at radius 2 is 1.35 bits per heavy atom. The lowest BCUT2D eigenvalue weighted by atomic mass is 9.85. The third-order valence-corrected chi connectivity index (χ3v) is 5.16. The highest BCUT2D eigenvalue weighted by molar-refractivity contribution is 6.12. The Hall–Kier alpha value is -2.09. The van der Waals surface area contributed by atoms with Gasteiger partial charge in [0.1, 0.15) is 5.75 Å². The Morgan fingerprint density at radius 1 is 0.870 bits per heavy atom. The minimum atomic E-state index is -0.0981. The van der Waals surface area contributed by atoms with Crippen LogP contribution in [0.4, 0.5) is 0 Å². The van der Waals surface area contributed by atoms with Crippen LogP contribution in [-0.4, -0.2) is 10.9 Å². The highest BCUT2D eigenvalue weighted by atomic mass is 16.3. The van der Waals surface area contributed by atoms with Crippen molar-refractivity contribution >= 4 is 5.78 Å².